The monoisotopic (exact) mass is 393 g/mol. The number of hydrogen-bond acceptors (Lipinski definition) is 2. The van der Waals surface area contributed by atoms with E-state index in [0.29, 0.717) is 12.3 Å². The molecule has 29 heavy (non-hydrogen) atoms. The second kappa shape index (κ2) is 7.85. The maximum atomic E-state index is 12.6. The van der Waals surface area contributed by atoms with Crippen molar-refractivity contribution in [2.24, 2.45) is 5.41 Å². The smallest absolute Gasteiger partial charge is 0.224 e. The topological polar surface area (TPSA) is 38.3 Å². The largest absolute Gasteiger partial charge is 0.489 e. The highest BCUT2D eigenvalue weighted by molar-refractivity contribution is 5.92. The highest BCUT2D eigenvalue weighted by Gasteiger charge is 2.35. The Labute approximate surface area is 175 Å². The minimum absolute atomic E-state index is 0.0396. The summed E-state index contributed by atoms with van der Waals surface area (Å²) in [7, 11) is 0. The van der Waals surface area contributed by atoms with Crippen LogP contribution in [0.3, 0.4) is 0 Å². The highest BCUT2D eigenvalue weighted by Crippen LogP contribution is 2.47. The molecule has 2 aromatic rings. The number of carbonyl (C=O) groups is 1. The van der Waals surface area contributed by atoms with Crippen molar-refractivity contribution in [2.75, 3.05) is 5.32 Å². The normalized spacial score (nSPS) is 18.5. The van der Waals surface area contributed by atoms with E-state index in [1.165, 1.54) is 16.7 Å². The maximum Gasteiger partial charge on any atom is 0.224 e. The number of carbonyl (C=O) groups excluding carboxylic acids is 1. The van der Waals surface area contributed by atoms with Crippen LogP contribution in [-0.4, -0.2) is 12.0 Å². The maximum absolute atomic E-state index is 12.6. The van der Waals surface area contributed by atoms with Gasteiger partial charge in [0.25, 0.3) is 0 Å². The van der Waals surface area contributed by atoms with Crippen LogP contribution >= 0.6 is 0 Å². The molecule has 0 aliphatic carbocycles. The third kappa shape index (κ3) is 4.49. The Kier molecular flexibility index (Phi) is 5.80. The number of rotatable bonds is 4. The molecule has 0 bridgehead atoms. The number of hydrogen-bond donors (Lipinski definition) is 1. The molecule has 3 heteroatoms. The molecule has 1 amide bonds. The lowest BCUT2D eigenvalue weighted by Crippen LogP contribution is -2.20. The van der Waals surface area contributed by atoms with Crippen LogP contribution in [-0.2, 0) is 4.79 Å². The van der Waals surface area contributed by atoms with Crippen molar-refractivity contribution in [3.05, 3.63) is 58.1 Å². The van der Waals surface area contributed by atoms with Crippen molar-refractivity contribution in [3.63, 3.8) is 0 Å². The van der Waals surface area contributed by atoms with Gasteiger partial charge in [0.1, 0.15) is 11.9 Å². The predicted octanol–water partition coefficient (Wildman–Crippen LogP) is 6.71. The van der Waals surface area contributed by atoms with Gasteiger partial charge in [0.15, 0.2) is 0 Å². The van der Waals surface area contributed by atoms with E-state index in [1.54, 1.807) is 0 Å². The summed E-state index contributed by atoms with van der Waals surface area (Å²) in [6, 6.07) is 11.0. The van der Waals surface area contributed by atoms with Crippen molar-refractivity contribution < 1.29 is 9.53 Å². The summed E-state index contributed by atoms with van der Waals surface area (Å²) in [5.41, 5.74) is 6.82. The quantitative estimate of drug-likeness (QED) is 0.626. The van der Waals surface area contributed by atoms with Gasteiger partial charge in [-0.05, 0) is 60.4 Å². The number of amides is 1. The van der Waals surface area contributed by atoms with Gasteiger partial charge in [0.2, 0.25) is 5.91 Å². The van der Waals surface area contributed by atoms with Gasteiger partial charge in [-0.1, -0.05) is 58.9 Å². The van der Waals surface area contributed by atoms with Crippen molar-refractivity contribution in [1.82, 2.24) is 0 Å². The number of anilines is 1. The summed E-state index contributed by atoms with van der Waals surface area (Å²) in [6.45, 7) is 17.0. The van der Waals surface area contributed by atoms with Crippen LogP contribution < -0.4 is 10.1 Å². The fourth-order valence-corrected chi connectivity index (χ4v) is 4.16. The van der Waals surface area contributed by atoms with Crippen molar-refractivity contribution >= 4 is 11.6 Å². The molecule has 3 rings (SSSR count). The predicted molar refractivity (Wildman–Crippen MR) is 121 cm³/mol. The minimum atomic E-state index is -0.0396. The summed E-state index contributed by atoms with van der Waals surface area (Å²) in [5.74, 6) is 1.72. The molecule has 0 spiro atoms. The van der Waals surface area contributed by atoms with E-state index < -0.39 is 0 Å². The average Bonchev–Trinajstić information content (AvgIpc) is 2.94. The van der Waals surface area contributed by atoms with E-state index >= 15 is 0 Å². The number of ether oxygens (including phenoxy) is 1. The van der Waals surface area contributed by atoms with E-state index in [9.17, 15) is 4.79 Å². The summed E-state index contributed by atoms with van der Waals surface area (Å²) >= 11 is 0. The lowest BCUT2D eigenvalue weighted by Gasteiger charge is -2.20. The minimum Gasteiger partial charge on any atom is -0.489 e. The fraction of sp³-hybridized carbons (Fsp3) is 0.500. The number of fused-ring (bicyclic) bond motifs is 1. The lowest BCUT2D eigenvalue weighted by atomic mass is 9.86. The molecule has 0 radical (unpaired) electrons. The van der Waals surface area contributed by atoms with Gasteiger partial charge in [0, 0.05) is 23.6 Å². The van der Waals surface area contributed by atoms with Gasteiger partial charge in [-0.2, -0.15) is 0 Å². The van der Waals surface area contributed by atoms with E-state index in [0.717, 1.165) is 22.6 Å². The Morgan fingerprint density at radius 3 is 2.28 bits per heavy atom. The molecular weight excluding hydrogens is 358 g/mol. The second-order valence-corrected chi connectivity index (χ2v) is 10.0. The van der Waals surface area contributed by atoms with Crippen molar-refractivity contribution in [2.45, 2.75) is 79.8 Å². The molecule has 0 saturated carbocycles. The third-order valence-electron chi connectivity index (χ3n) is 5.90. The Balaban J connectivity index is 1.98. The van der Waals surface area contributed by atoms with Crippen molar-refractivity contribution in [3.8, 4) is 5.75 Å². The third-order valence-corrected chi connectivity index (χ3v) is 5.90. The second-order valence-electron chi connectivity index (χ2n) is 10.0. The molecule has 156 valence electrons. The van der Waals surface area contributed by atoms with Crippen LogP contribution in [0.5, 0.6) is 5.75 Å². The van der Waals surface area contributed by atoms with Crippen molar-refractivity contribution in [1.29, 1.82) is 0 Å². The first-order valence-corrected chi connectivity index (χ1v) is 10.7. The zero-order chi connectivity index (χ0) is 21.5. The summed E-state index contributed by atoms with van der Waals surface area (Å²) in [4.78, 5) is 12.6. The Morgan fingerprint density at radius 1 is 1.10 bits per heavy atom. The standard InChI is InChI=1S/C26H35NO2/c1-15(2)19-9-11-20(12-10-19)24-18(5)29-25-17(4)16(3)22(13-21(24)25)27-23(28)14-26(6,7)8/h9-13,15,18,24H,14H2,1-8H3,(H,27,28)/t18-,24-/m1/s1. The van der Waals surface area contributed by atoms with Crippen LogP contribution in [0.25, 0.3) is 0 Å². The van der Waals surface area contributed by atoms with E-state index in [4.69, 9.17) is 4.74 Å². The molecule has 2 atom stereocenters. The number of nitrogens with one attached hydrogen (secondary N) is 1. The van der Waals surface area contributed by atoms with Gasteiger partial charge in [-0.3, -0.25) is 4.79 Å². The molecule has 0 saturated heterocycles. The van der Waals surface area contributed by atoms with Gasteiger partial charge in [-0.15, -0.1) is 0 Å². The molecule has 1 aliphatic rings. The Morgan fingerprint density at radius 2 is 1.72 bits per heavy atom. The van der Waals surface area contributed by atoms with E-state index in [1.807, 2.05) is 0 Å². The van der Waals surface area contributed by atoms with Crippen LogP contribution in [0, 0.1) is 19.3 Å². The molecule has 1 aliphatic heterocycles. The number of benzene rings is 2. The first-order chi connectivity index (χ1) is 13.5. The first-order valence-electron chi connectivity index (χ1n) is 10.7. The summed E-state index contributed by atoms with van der Waals surface area (Å²) in [5, 5.41) is 3.15. The molecule has 1 heterocycles. The van der Waals surface area contributed by atoms with E-state index in [-0.39, 0.29) is 23.3 Å². The molecule has 0 unspecified atom stereocenters. The van der Waals surface area contributed by atoms with Crippen LogP contribution in [0.15, 0.2) is 30.3 Å². The Bertz CT molecular complexity index is 904. The molecule has 3 nitrogen and oxygen atoms in total. The highest BCUT2D eigenvalue weighted by atomic mass is 16.5. The van der Waals surface area contributed by atoms with Crippen LogP contribution in [0.2, 0.25) is 0 Å². The zero-order valence-electron chi connectivity index (χ0n) is 19.1. The Hall–Kier alpha value is -2.29. The van der Waals surface area contributed by atoms with Gasteiger partial charge < -0.3 is 10.1 Å². The zero-order valence-corrected chi connectivity index (χ0v) is 19.1. The molecule has 2 aromatic carbocycles. The lowest BCUT2D eigenvalue weighted by molar-refractivity contribution is -0.117. The first kappa shape index (κ1) is 21.4. The molecular formula is C26H35NO2. The van der Waals surface area contributed by atoms with E-state index in [2.05, 4.69) is 91.0 Å². The summed E-state index contributed by atoms with van der Waals surface area (Å²) < 4.78 is 6.29. The van der Waals surface area contributed by atoms with Crippen LogP contribution in [0.1, 0.15) is 87.6 Å². The molecule has 0 fully saturated rings. The fourth-order valence-electron chi connectivity index (χ4n) is 4.16. The average molecular weight is 394 g/mol. The van der Waals surface area contributed by atoms with Gasteiger partial charge >= 0.3 is 0 Å². The van der Waals surface area contributed by atoms with Gasteiger partial charge in [-0.25, -0.2) is 0 Å². The summed E-state index contributed by atoms with van der Waals surface area (Å²) in [6.07, 6.45) is 0.559. The SMILES string of the molecule is Cc1c(NC(=O)CC(C)(C)C)cc2c(c1C)O[C@H](C)[C@@H]2c1ccc(C(C)C)cc1. The van der Waals surface area contributed by atoms with Crippen LogP contribution in [0.4, 0.5) is 5.69 Å². The van der Waals surface area contributed by atoms with Gasteiger partial charge in [0.05, 0.1) is 0 Å². The molecule has 0 aromatic heterocycles. The molecule has 1 N–H and O–H groups in total.